The molecule has 5 heteroatoms. The summed E-state index contributed by atoms with van der Waals surface area (Å²) in [4.78, 5) is 18.4. The van der Waals surface area contributed by atoms with Gasteiger partial charge in [-0.2, -0.15) is 0 Å². The zero-order chi connectivity index (χ0) is 10.9. The van der Waals surface area contributed by atoms with Gasteiger partial charge in [-0.25, -0.2) is 0 Å². The van der Waals surface area contributed by atoms with Gasteiger partial charge in [-0.15, -0.1) is 11.3 Å². The lowest BCUT2D eigenvalue weighted by Crippen LogP contribution is -2.47. The molecule has 1 aliphatic rings. The van der Waals surface area contributed by atoms with E-state index in [0.717, 1.165) is 24.3 Å². The van der Waals surface area contributed by atoms with Crippen molar-refractivity contribution < 1.29 is 9.90 Å². The molecular formula is C10H14N2O2S. The lowest BCUT2D eigenvalue weighted by Gasteiger charge is -2.30. The maximum Gasteiger partial charge on any atom is 0.323 e. The summed E-state index contributed by atoms with van der Waals surface area (Å²) in [5, 5.41) is 9.22. The fourth-order valence-electron chi connectivity index (χ4n) is 2.02. The number of likely N-dealkylation sites (tertiary alicyclic amines) is 1. The third-order valence-corrected chi connectivity index (χ3v) is 3.84. The van der Waals surface area contributed by atoms with E-state index in [9.17, 15) is 9.90 Å². The van der Waals surface area contributed by atoms with Crippen LogP contribution in [0.5, 0.6) is 0 Å². The lowest BCUT2D eigenvalue weighted by atomic mass is 9.99. The van der Waals surface area contributed by atoms with Crippen LogP contribution in [0.2, 0.25) is 0 Å². The van der Waals surface area contributed by atoms with E-state index in [1.54, 1.807) is 16.8 Å². The zero-order valence-electron chi connectivity index (χ0n) is 8.64. The van der Waals surface area contributed by atoms with Gasteiger partial charge in [0.15, 0.2) is 0 Å². The third kappa shape index (κ3) is 1.89. The molecule has 82 valence electrons. The minimum absolute atomic E-state index is 0.690. The number of hydrogen-bond donors (Lipinski definition) is 1. The van der Waals surface area contributed by atoms with Crippen molar-refractivity contribution in [1.82, 2.24) is 9.88 Å². The van der Waals surface area contributed by atoms with Gasteiger partial charge in [-0.3, -0.25) is 14.7 Å². The van der Waals surface area contributed by atoms with Crippen molar-refractivity contribution in [2.24, 2.45) is 0 Å². The van der Waals surface area contributed by atoms with E-state index < -0.39 is 11.5 Å². The highest BCUT2D eigenvalue weighted by atomic mass is 32.1. The molecule has 1 N–H and O–H groups in total. The molecule has 1 fully saturated rings. The molecule has 0 aromatic carbocycles. The molecule has 1 atom stereocenters. The molecule has 1 unspecified atom stereocenters. The van der Waals surface area contributed by atoms with E-state index >= 15 is 0 Å². The number of hydrogen-bond acceptors (Lipinski definition) is 4. The van der Waals surface area contributed by atoms with Crippen LogP contribution < -0.4 is 0 Å². The van der Waals surface area contributed by atoms with E-state index in [-0.39, 0.29) is 0 Å². The maximum absolute atomic E-state index is 11.2. The molecule has 1 aliphatic heterocycles. The summed E-state index contributed by atoms with van der Waals surface area (Å²) in [6.45, 7) is 3.37. The highest BCUT2D eigenvalue weighted by Gasteiger charge is 2.43. The monoisotopic (exact) mass is 226 g/mol. The predicted octanol–water partition coefficient (Wildman–Crippen LogP) is 1.58. The summed E-state index contributed by atoms with van der Waals surface area (Å²) >= 11 is 1.58. The maximum atomic E-state index is 11.2. The van der Waals surface area contributed by atoms with Gasteiger partial charge >= 0.3 is 5.97 Å². The number of rotatable bonds is 3. The molecule has 4 nitrogen and oxygen atoms in total. The van der Waals surface area contributed by atoms with Gasteiger partial charge in [0.2, 0.25) is 0 Å². The van der Waals surface area contributed by atoms with Gasteiger partial charge in [-0.05, 0) is 26.3 Å². The minimum Gasteiger partial charge on any atom is -0.480 e. The first-order valence-electron chi connectivity index (χ1n) is 4.99. The molecule has 0 saturated carbocycles. The van der Waals surface area contributed by atoms with E-state index in [4.69, 9.17) is 0 Å². The Morgan fingerprint density at radius 1 is 1.80 bits per heavy atom. The predicted molar refractivity (Wildman–Crippen MR) is 57.8 cm³/mol. The Morgan fingerprint density at radius 2 is 2.60 bits per heavy atom. The third-order valence-electron chi connectivity index (χ3n) is 3.08. The first-order chi connectivity index (χ1) is 7.13. The van der Waals surface area contributed by atoms with Gasteiger partial charge in [-0.1, -0.05) is 0 Å². The second kappa shape index (κ2) is 3.90. The van der Waals surface area contributed by atoms with E-state index in [0.29, 0.717) is 6.54 Å². The topological polar surface area (TPSA) is 53.4 Å². The van der Waals surface area contributed by atoms with E-state index in [1.807, 2.05) is 18.0 Å². The summed E-state index contributed by atoms with van der Waals surface area (Å²) in [5.41, 5.74) is 1.09. The molecule has 15 heavy (non-hydrogen) atoms. The Balaban J connectivity index is 2.12. The van der Waals surface area contributed by atoms with Crippen LogP contribution in [0.1, 0.15) is 24.6 Å². The van der Waals surface area contributed by atoms with E-state index in [2.05, 4.69) is 4.98 Å². The second-order valence-corrected chi connectivity index (χ2v) is 5.04. The Bertz CT molecular complexity index is 352. The van der Waals surface area contributed by atoms with Crippen LogP contribution in [0.25, 0.3) is 0 Å². The molecule has 0 bridgehead atoms. The first kappa shape index (κ1) is 10.6. The summed E-state index contributed by atoms with van der Waals surface area (Å²) < 4.78 is 0. The molecule has 0 aliphatic carbocycles. The summed E-state index contributed by atoms with van der Waals surface area (Å²) in [7, 11) is 0. The largest absolute Gasteiger partial charge is 0.480 e. The van der Waals surface area contributed by atoms with Crippen LogP contribution in [0.3, 0.4) is 0 Å². The van der Waals surface area contributed by atoms with Crippen LogP contribution in [0.15, 0.2) is 11.7 Å². The van der Waals surface area contributed by atoms with Crippen molar-refractivity contribution >= 4 is 17.3 Å². The van der Waals surface area contributed by atoms with Crippen LogP contribution in [0, 0.1) is 0 Å². The van der Waals surface area contributed by atoms with Crippen molar-refractivity contribution in [3.05, 3.63) is 16.6 Å². The van der Waals surface area contributed by atoms with Crippen LogP contribution >= 0.6 is 11.3 Å². The zero-order valence-corrected chi connectivity index (χ0v) is 9.46. The fourth-order valence-corrected chi connectivity index (χ4v) is 2.63. The van der Waals surface area contributed by atoms with Crippen molar-refractivity contribution in [3.8, 4) is 0 Å². The molecular weight excluding hydrogens is 212 g/mol. The summed E-state index contributed by atoms with van der Waals surface area (Å²) in [6.07, 6.45) is 3.51. The fraction of sp³-hybridized carbons (Fsp3) is 0.600. The molecule has 2 rings (SSSR count). The standard InChI is InChI=1S/C10H14N2O2S/c1-10(9(13)14)3-2-4-12(10)6-8-5-11-7-15-8/h5,7H,2-4,6H2,1H3,(H,13,14). The molecule has 1 aromatic rings. The molecule has 1 aromatic heterocycles. The van der Waals surface area contributed by atoms with Crippen LogP contribution in [-0.2, 0) is 11.3 Å². The molecule has 1 saturated heterocycles. The molecule has 0 radical (unpaired) electrons. The molecule has 0 amide bonds. The summed E-state index contributed by atoms with van der Waals surface area (Å²) in [6, 6.07) is 0. The smallest absolute Gasteiger partial charge is 0.323 e. The minimum atomic E-state index is -0.718. The molecule has 2 heterocycles. The highest BCUT2D eigenvalue weighted by Crippen LogP contribution is 2.31. The van der Waals surface area contributed by atoms with Gasteiger partial charge in [0.1, 0.15) is 5.54 Å². The quantitative estimate of drug-likeness (QED) is 0.850. The number of nitrogens with zero attached hydrogens (tertiary/aromatic N) is 2. The van der Waals surface area contributed by atoms with Gasteiger partial charge in [0.25, 0.3) is 0 Å². The van der Waals surface area contributed by atoms with Gasteiger partial charge in [0, 0.05) is 17.6 Å². The van der Waals surface area contributed by atoms with E-state index in [1.165, 1.54) is 0 Å². The molecule has 0 spiro atoms. The van der Waals surface area contributed by atoms with Gasteiger partial charge in [0.05, 0.1) is 5.51 Å². The SMILES string of the molecule is CC1(C(=O)O)CCCN1Cc1cncs1. The number of aromatic nitrogens is 1. The van der Waals surface area contributed by atoms with Crippen molar-refractivity contribution in [2.45, 2.75) is 31.8 Å². The summed E-state index contributed by atoms with van der Waals surface area (Å²) in [5.74, 6) is -0.718. The average Bonchev–Trinajstić information content (AvgIpc) is 2.78. The van der Waals surface area contributed by atoms with Crippen molar-refractivity contribution in [1.29, 1.82) is 0 Å². The Labute approximate surface area is 92.6 Å². The van der Waals surface area contributed by atoms with Crippen molar-refractivity contribution in [2.75, 3.05) is 6.54 Å². The number of carboxylic acid groups (broad SMARTS) is 1. The average molecular weight is 226 g/mol. The Kier molecular flexibility index (Phi) is 2.75. The first-order valence-corrected chi connectivity index (χ1v) is 5.87. The number of thiazole rings is 1. The van der Waals surface area contributed by atoms with Crippen molar-refractivity contribution in [3.63, 3.8) is 0 Å². The second-order valence-electron chi connectivity index (χ2n) is 4.07. The number of carbonyl (C=O) groups is 1. The number of aliphatic carboxylic acids is 1. The highest BCUT2D eigenvalue weighted by molar-refractivity contribution is 7.09. The van der Waals surface area contributed by atoms with Gasteiger partial charge < -0.3 is 5.11 Å². The Morgan fingerprint density at radius 3 is 3.20 bits per heavy atom. The lowest BCUT2D eigenvalue weighted by molar-refractivity contribution is -0.148. The number of carboxylic acids is 1. The normalized spacial score (nSPS) is 27.0. The van der Waals surface area contributed by atoms with Crippen LogP contribution in [0.4, 0.5) is 0 Å². The Hall–Kier alpha value is -0.940. The van der Waals surface area contributed by atoms with Crippen LogP contribution in [-0.4, -0.2) is 33.0 Å².